The topological polar surface area (TPSA) is 113 Å². The smallest absolute Gasteiger partial charge is 0.177 e. The van der Waals surface area contributed by atoms with Crippen molar-refractivity contribution in [3.8, 4) is 74.2 Å². The Morgan fingerprint density at radius 1 is 0.469 bits per heavy atom. The lowest BCUT2D eigenvalue weighted by molar-refractivity contribution is 0.673. The molecule has 0 unspecified atom stereocenters. The Morgan fingerprint density at radius 3 is 1.59 bits per heavy atom. The van der Waals surface area contributed by atoms with E-state index in [1.54, 1.807) is 36.4 Å². The van der Waals surface area contributed by atoms with Gasteiger partial charge in [0.05, 0.1) is 58.5 Å². The molecule has 0 aliphatic carbocycles. The molecular formula is C55H28N8O. The molecule has 11 rings (SSSR count). The van der Waals surface area contributed by atoms with Gasteiger partial charge < -0.3 is 8.98 Å². The lowest BCUT2D eigenvalue weighted by Crippen LogP contribution is -2.04. The predicted molar refractivity (Wildman–Crippen MR) is 251 cm³/mol. The highest BCUT2D eigenvalue weighted by Crippen LogP contribution is 2.47. The minimum Gasteiger partial charge on any atom is -0.455 e. The van der Waals surface area contributed by atoms with Crippen LogP contribution in [0.1, 0.15) is 11.1 Å². The number of para-hydroxylation sites is 2. The number of benzene rings is 8. The van der Waals surface area contributed by atoms with Crippen LogP contribution >= 0.6 is 0 Å². The molecule has 0 atom stereocenters. The lowest BCUT2D eigenvalue weighted by Gasteiger charge is -2.21. The third kappa shape index (κ3) is 6.18. The van der Waals surface area contributed by atoms with Crippen LogP contribution in [0.3, 0.4) is 0 Å². The highest BCUT2D eigenvalue weighted by molar-refractivity contribution is 6.24. The largest absolute Gasteiger partial charge is 0.455 e. The van der Waals surface area contributed by atoms with E-state index in [1.807, 2.05) is 103 Å². The molecule has 9 nitrogen and oxygen atoms in total. The van der Waals surface area contributed by atoms with Crippen LogP contribution in [0.4, 0.5) is 11.4 Å². The van der Waals surface area contributed by atoms with E-state index in [0.29, 0.717) is 73.5 Å². The average Bonchev–Trinajstić information content (AvgIpc) is 3.91. The monoisotopic (exact) mass is 816 g/mol. The Kier molecular flexibility index (Phi) is 8.81. The number of rotatable bonds is 6. The third-order valence-electron chi connectivity index (χ3n) is 11.4. The van der Waals surface area contributed by atoms with Gasteiger partial charge in [0.15, 0.2) is 28.8 Å². The van der Waals surface area contributed by atoms with Gasteiger partial charge in [-0.05, 0) is 65.7 Å². The lowest BCUT2D eigenvalue weighted by atomic mass is 9.90. The normalized spacial score (nSPS) is 11.1. The fourth-order valence-electron chi connectivity index (χ4n) is 8.65. The molecule has 0 spiro atoms. The molecule has 3 aromatic heterocycles. The van der Waals surface area contributed by atoms with Crippen LogP contribution < -0.4 is 0 Å². The highest BCUT2D eigenvalue weighted by Gasteiger charge is 2.26. The standard InChI is InChI=1S/C55H28N8O/c1-58-40-26-38(27-41(30-40)59-2)46-29-39(55-61-53(35-13-5-3-6-14-35)60-54(62-55)36-15-7-4-8-16-36)28-45(37-24-33(31-56)23-34(25-37)32-57)51(46)63-47-19-11-9-18-44(47)50-48(63)22-21-43-42-17-10-12-20-49(42)64-52(43)50/h3-30H. The second kappa shape index (κ2) is 15.1. The van der Waals surface area contributed by atoms with Crippen molar-refractivity contribution in [3.63, 3.8) is 0 Å². The maximum atomic E-state index is 10.3. The van der Waals surface area contributed by atoms with Crippen molar-refractivity contribution >= 4 is 55.1 Å². The van der Waals surface area contributed by atoms with E-state index in [9.17, 15) is 10.5 Å². The first-order valence-electron chi connectivity index (χ1n) is 20.3. The van der Waals surface area contributed by atoms with Gasteiger partial charge in [-0.25, -0.2) is 24.6 Å². The molecule has 0 saturated heterocycles. The third-order valence-corrected chi connectivity index (χ3v) is 11.4. The van der Waals surface area contributed by atoms with E-state index >= 15 is 0 Å². The molecular weight excluding hydrogens is 789 g/mol. The van der Waals surface area contributed by atoms with Gasteiger partial charge in [-0.1, -0.05) is 115 Å². The summed E-state index contributed by atoms with van der Waals surface area (Å²) in [6.45, 7) is 16.2. The quantitative estimate of drug-likeness (QED) is 0.154. The average molecular weight is 817 g/mol. The van der Waals surface area contributed by atoms with Gasteiger partial charge in [-0.2, -0.15) is 10.5 Å². The van der Waals surface area contributed by atoms with Crippen molar-refractivity contribution in [2.45, 2.75) is 0 Å². The van der Waals surface area contributed by atoms with Crippen molar-refractivity contribution in [3.05, 3.63) is 204 Å². The summed E-state index contributed by atoms with van der Waals surface area (Å²) in [5.74, 6) is 1.31. The molecule has 294 valence electrons. The number of furan rings is 1. The maximum absolute atomic E-state index is 10.3. The number of aromatic nitrogens is 4. The molecule has 0 amide bonds. The summed E-state index contributed by atoms with van der Waals surface area (Å²) >= 11 is 0. The van der Waals surface area contributed by atoms with Crippen LogP contribution in [-0.2, 0) is 0 Å². The van der Waals surface area contributed by atoms with E-state index in [0.717, 1.165) is 54.9 Å². The SMILES string of the molecule is [C-]#[N+]c1cc([N+]#[C-])cc(-c2cc(-c3nc(-c4ccccc4)nc(-c4ccccc4)n3)cc(-c3cc(C#N)cc(C#N)c3)c2-n2c3ccccc3c3c4oc5ccccc5c4ccc32)c1. The van der Waals surface area contributed by atoms with E-state index in [-0.39, 0.29) is 0 Å². The Hall–Kier alpha value is -9.67. The van der Waals surface area contributed by atoms with E-state index in [1.165, 1.54) is 0 Å². The van der Waals surface area contributed by atoms with Crippen molar-refractivity contribution in [1.82, 2.24) is 19.5 Å². The van der Waals surface area contributed by atoms with Crippen molar-refractivity contribution in [2.75, 3.05) is 0 Å². The Labute approximate surface area is 366 Å². The molecule has 0 bridgehead atoms. The van der Waals surface area contributed by atoms with Crippen LogP contribution in [0.2, 0.25) is 0 Å². The van der Waals surface area contributed by atoms with Crippen LogP contribution in [0.15, 0.2) is 174 Å². The summed E-state index contributed by atoms with van der Waals surface area (Å²) in [6, 6.07) is 58.5. The molecule has 0 aliphatic heterocycles. The van der Waals surface area contributed by atoms with Crippen LogP contribution in [0, 0.1) is 35.8 Å². The Balaban J connectivity index is 1.33. The van der Waals surface area contributed by atoms with Crippen molar-refractivity contribution in [2.24, 2.45) is 0 Å². The first-order chi connectivity index (χ1) is 31.5. The number of hydrogen-bond donors (Lipinski definition) is 0. The number of fused-ring (bicyclic) bond motifs is 7. The molecule has 3 heterocycles. The molecule has 0 radical (unpaired) electrons. The zero-order valence-electron chi connectivity index (χ0n) is 33.7. The summed E-state index contributed by atoms with van der Waals surface area (Å²) in [4.78, 5) is 22.7. The number of hydrogen-bond acceptors (Lipinski definition) is 6. The van der Waals surface area contributed by atoms with Gasteiger partial charge in [0.1, 0.15) is 11.2 Å². The molecule has 0 N–H and O–H groups in total. The minimum absolute atomic E-state index is 0.295. The van der Waals surface area contributed by atoms with Gasteiger partial charge in [0.2, 0.25) is 0 Å². The first kappa shape index (κ1) is 37.3. The number of nitrogens with zero attached hydrogens (tertiary/aromatic N) is 8. The van der Waals surface area contributed by atoms with Crippen molar-refractivity contribution < 1.29 is 4.42 Å². The van der Waals surface area contributed by atoms with Gasteiger partial charge in [-0.15, -0.1) is 0 Å². The summed E-state index contributed by atoms with van der Waals surface area (Å²) in [6.07, 6.45) is 0. The zero-order valence-corrected chi connectivity index (χ0v) is 33.7. The van der Waals surface area contributed by atoms with Crippen molar-refractivity contribution in [1.29, 1.82) is 10.5 Å². The summed E-state index contributed by atoms with van der Waals surface area (Å²) < 4.78 is 8.85. The Bertz CT molecular complexity index is 3680. The summed E-state index contributed by atoms with van der Waals surface area (Å²) in [7, 11) is 0. The Morgan fingerprint density at radius 2 is 1.00 bits per heavy atom. The fourth-order valence-corrected chi connectivity index (χ4v) is 8.65. The van der Waals surface area contributed by atoms with E-state index in [4.69, 9.17) is 32.5 Å². The minimum atomic E-state index is 0.295. The fraction of sp³-hybridized carbons (Fsp3) is 0. The highest BCUT2D eigenvalue weighted by atomic mass is 16.3. The van der Waals surface area contributed by atoms with E-state index in [2.05, 4.69) is 56.7 Å². The van der Waals surface area contributed by atoms with Crippen LogP contribution in [-0.4, -0.2) is 19.5 Å². The van der Waals surface area contributed by atoms with Crippen LogP contribution in [0.25, 0.3) is 116 Å². The second-order valence-electron chi connectivity index (χ2n) is 15.2. The van der Waals surface area contributed by atoms with Gasteiger partial charge in [-0.3, -0.25) is 0 Å². The first-order valence-corrected chi connectivity index (χ1v) is 20.3. The molecule has 0 fully saturated rings. The molecule has 9 heteroatoms. The predicted octanol–water partition coefficient (Wildman–Crippen LogP) is 14.0. The van der Waals surface area contributed by atoms with Gasteiger partial charge in [0.25, 0.3) is 0 Å². The summed E-state index contributed by atoms with van der Waals surface area (Å²) in [5.41, 5.74) is 9.80. The number of nitriles is 2. The van der Waals surface area contributed by atoms with Crippen LogP contribution in [0.5, 0.6) is 0 Å². The maximum Gasteiger partial charge on any atom is 0.177 e. The van der Waals surface area contributed by atoms with Gasteiger partial charge >= 0.3 is 0 Å². The summed E-state index contributed by atoms with van der Waals surface area (Å²) in [5, 5.41) is 24.5. The second-order valence-corrected chi connectivity index (χ2v) is 15.2. The molecule has 11 aromatic rings. The molecule has 8 aromatic carbocycles. The molecule has 64 heavy (non-hydrogen) atoms. The zero-order chi connectivity index (χ0) is 43.3. The van der Waals surface area contributed by atoms with Gasteiger partial charge in [0, 0.05) is 44.0 Å². The molecule has 0 saturated carbocycles. The molecule has 0 aliphatic rings. The van der Waals surface area contributed by atoms with E-state index < -0.39 is 0 Å².